The van der Waals surface area contributed by atoms with Crippen molar-refractivity contribution >= 4 is 5.97 Å². The molecule has 0 saturated carbocycles. The van der Waals surface area contributed by atoms with Gasteiger partial charge in [0.05, 0.1) is 6.10 Å². The number of aliphatic carboxylic acids is 1. The summed E-state index contributed by atoms with van der Waals surface area (Å²) >= 11 is 0. The smallest absolute Gasteiger partial charge is 0.303 e. The van der Waals surface area contributed by atoms with Gasteiger partial charge in [-0.05, 0) is 38.5 Å². The standard InChI is InChI=1S/C22H32O3/c1-2-3-4-5-6-7-8-9-10-11-12-13-14-15-16-17-18-21(23)19-20-22(24)25/h3-4,7-10,12-13,15-18,21,23H,2,5-6,11,14,19-20H2,1H3,(H,24,25)/b4-3-,8-7+,10-9-,13-12-,16-15-,18-17+/t21-/m0/s1. The molecule has 0 unspecified atom stereocenters. The lowest BCUT2D eigenvalue weighted by Crippen LogP contribution is -2.05. The van der Waals surface area contributed by atoms with E-state index in [0.717, 1.165) is 32.1 Å². The minimum atomic E-state index is -0.887. The van der Waals surface area contributed by atoms with E-state index in [1.54, 1.807) is 12.2 Å². The molecule has 1 atom stereocenters. The first-order valence-corrected chi connectivity index (χ1v) is 9.01. The van der Waals surface area contributed by atoms with Crippen LogP contribution in [0.25, 0.3) is 0 Å². The zero-order valence-electron chi connectivity index (χ0n) is 15.3. The van der Waals surface area contributed by atoms with Gasteiger partial charge in [-0.1, -0.05) is 79.8 Å². The molecule has 3 heteroatoms. The van der Waals surface area contributed by atoms with Gasteiger partial charge in [-0.3, -0.25) is 4.79 Å². The summed E-state index contributed by atoms with van der Waals surface area (Å²) < 4.78 is 0. The fourth-order valence-corrected chi connectivity index (χ4v) is 1.88. The number of hydrogen-bond acceptors (Lipinski definition) is 2. The molecule has 0 aliphatic carbocycles. The molecule has 0 bridgehead atoms. The third kappa shape index (κ3) is 19.8. The Bertz CT molecular complexity index is 493. The van der Waals surface area contributed by atoms with Gasteiger partial charge in [0.25, 0.3) is 0 Å². The number of carbonyl (C=O) groups is 1. The summed E-state index contributed by atoms with van der Waals surface area (Å²) in [5.74, 6) is -0.887. The van der Waals surface area contributed by atoms with Crippen molar-refractivity contribution in [3.05, 3.63) is 72.9 Å². The molecule has 2 N–H and O–H groups in total. The third-order valence-electron chi connectivity index (χ3n) is 3.23. The van der Waals surface area contributed by atoms with E-state index in [-0.39, 0.29) is 12.8 Å². The number of carboxylic acids is 1. The summed E-state index contributed by atoms with van der Waals surface area (Å²) in [5, 5.41) is 18.0. The zero-order valence-corrected chi connectivity index (χ0v) is 15.3. The zero-order chi connectivity index (χ0) is 18.6. The number of aliphatic hydroxyl groups excluding tert-OH is 1. The Labute approximate surface area is 152 Å². The van der Waals surface area contributed by atoms with Gasteiger partial charge in [0.2, 0.25) is 0 Å². The highest BCUT2D eigenvalue weighted by Gasteiger charge is 2.02. The van der Waals surface area contributed by atoms with E-state index < -0.39 is 12.1 Å². The van der Waals surface area contributed by atoms with E-state index in [1.807, 2.05) is 12.2 Å². The lowest BCUT2D eigenvalue weighted by Gasteiger charge is -2.00. The highest BCUT2D eigenvalue weighted by molar-refractivity contribution is 5.66. The molecule has 0 saturated heterocycles. The van der Waals surface area contributed by atoms with Crippen LogP contribution in [-0.2, 0) is 4.79 Å². The van der Waals surface area contributed by atoms with Gasteiger partial charge in [0.1, 0.15) is 0 Å². The molecule has 0 rings (SSSR count). The lowest BCUT2D eigenvalue weighted by molar-refractivity contribution is -0.137. The Morgan fingerprint density at radius 3 is 2.08 bits per heavy atom. The molecule has 0 aliphatic heterocycles. The monoisotopic (exact) mass is 344 g/mol. The van der Waals surface area contributed by atoms with Gasteiger partial charge < -0.3 is 10.2 Å². The Balaban J connectivity index is 3.67. The third-order valence-corrected chi connectivity index (χ3v) is 3.23. The maximum absolute atomic E-state index is 10.4. The average Bonchev–Trinajstić information content (AvgIpc) is 2.59. The van der Waals surface area contributed by atoms with Crippen molar-refractivity contribution < 1.29 is 15.0 Å². The summed E-state index contributed by atoms with van der Waals surface area (Å²) in [7, 11) is 0. The van der Waals surface area contributed by atoms with Crippen LogP contribution in [0, 0.1) is 0 Å². The fraction of sp³-hybridized carbons (Fsp3) is 0.409. The van der Waals surface area contributed by atoms with Crippen molar-refractivity contribution in [2.75, 3.05) is 0 Å². The number of carboxylic acid groups (broad SMARTS) is 1. The summed E-state index contributed by atoms with van der Waals surface area (Å²) in [4.78, 5) is 10.4. The van der Waals surface area contributed by atoms with Crippen molar-refractivity contribution in [1.29, 1.82) is 0 Å². The van der Waals surface area contributed by atoms with Crippen LogP contribution in [0.15, 0.2) is 72.9 Å². The molecule has 0 aromatic rings. The lowest BCUT2D eigenvalue weighted by atomic mass is 10.2. The van der Waals surface area contributed by atoms with Crippen LogP contribution in [0.5, 0.6) is 0 Å². The highest BCUT2D eigenvalue weighted by atomic mass is 16.4. The second-order valence-electron chi connectivity index (χ2n) is 5.57. The summed E-state index contributed by atoms with van der Waals surface area (Å²) in [6.07, 6.45) is 28.9. The quantitative estimate of drug-likeness (QED) is 0.248. The van der Waals surface area contributed by atoms with Crippen LogP contribution < -0.4 is 0 Å². The number of hydrogen-bond donors (Lipinski definition) is 2. The summed E-state index contributed by atoms with van der Waals surface area (Å²) in [6.45, 7) is 2.14. The predicted molar refractivity (Wildman–Crippen MR) is 106 cm³/mol. The largest absolute Gasteiger partial charge is 0.481 e. The first-order chi connectivity index (χ1) is 12.2. The Kier molecular flexibility index (Phi) is 16.7. The van der Waals surface area contributed by atoms with Gasteiger partial charge in [-0.25, -0.2) is 0 Å². The molecule has 0 aliphatic rings. The SMILES string of the molecule is CC/C=C\CC/C=C/C=C\C/C=C\C/C=C\C=C\[C@H](O)CCC(=O)O. The van der Waals surface area contributed by atoms with Gasteiger partial charge >= 0.3 is 5.97 Å². The van der Waals surface area contributed by atoms with E-state index in [9.17, 15) is 9.90 Å². The van der Waals surface area contributed by atoms with Gasteiger partial charge in [-0.2, -0.15) is 0 Å². The van der Waals surface area contributed by atoms with Gasteiger partial charge in [0.15, 0.2) is 0 Å². The summed E-state index contributed by atoms with van der Waals surface area (Å²) in [5.41, 5.74) is 0. The van der Waals surface area contributed by atoms with E-state index in [0.29, 0.717) is 0 Å². The van der Waals surface area contributed by atoms with Crippen molar-refractivity contribution in [3.8, 4) is 0 Å². The molecular weight excluding hydrogens is 312 g/mol. The van der Waals surface area contributed by atoms with Crippen molar-refractivity contribution in [2.45, 2.75) is 58.0 Å². The molecule has 138 valence electrons. The maximum Gasteiger partial charge on any atom is 0.303 e. The first kappa shape index (κ1) is 22.9. The van der Waals surface area contributed by atoms with Crippen LogP contribution in [0.3, 0.4) is 0 Å². The number of allylic oxidation sites excluding steroid dienone is 11. The Morgan fingerprint density at radius 1 is 0.840 bits per heavy atom. The molecule has 0 heterocycles. The molecule has 0 spiro atoms. The van der Waals surface area contributed by atoms with Crippen LogP contribution in [0.1, 0.15) is 51.9 Å². The van der Waals surface area contributed by atoms with Gasteiger partial charge in [-0.15, -0.1) is 0 Å². The van der Waals surface area contributed by atoms with Crippen LogP contribution in [0.4, 0.5) is 0 Å². The minimum Gasteiger partial charge on any atom is -0.481 e. The second-order valence-corrected chi connectivity index (χ2v) is 5.57. The average molecular weight is 344 g/mol. The van der Waals surface area contributed by atoms with Crippen molar-refractivity contribution in [3.63, 3.8) is 0 Å². The molecular formula is C22H32O3. The van der Waals surface area contributed by atoms with Crippen molar-refractivity contribution in [1.82, 2.24) is 0 Å². The predicted octanol–water partition coefficient (Wildman–Crippen LogP) is 5.52. The minimum absolute atomic E-state index is 0.0173. The topological polar surface area (TPSA) is 57.5 Å². The highest BCUT2D eigenvalue weighted by Crippen LogP contribution is 1.99. The van der Waals surface area contributed by atoms with E-state index in [1.165, 1.54) is 0 Å². The molecule has 0 fully saturated rings. The molecule has 0 radical (unpaired) electrons. The maximum atomic E-state index is 10.4. The van der Waals surface area contributed by atoms with E-state index in [4.69, 9.17) is 5.11 Å². The normalized spacial score (nSPS) is 14.3. The summed E-state index contributed by atoms with van der Waals surface area (Å²) in [6, 6.07) is 0. The van der Waals surface area contributed by atoms with Crippen LogP contribution in [0.2, 0.25) is 0 Å². The van der Waals surface area contributed by atoms with Crippen LogP contribution >= 0.6 is 0 Å². The number of rotatable bonds is 14. The van der Waals surface area contributed by atoms with E-state index >= 15 is 0 Å². The number of unbranched alkanes of at least 4 members (excludes halogenated alkanes) is 1. The first-order valence-electron chi connectivity index (χ1n) is 9.01. The molecule has 0 aromatic heterocycles. The molecule has 0 amide bonds. The molecule has 25 heavy (non-hydrogen) atoms. The Morgan fingerprint density at radius 2 is 1.44 bits per heavy atom. The fourth-order valence-electron chi connectivity index (χ4n) is 1.88. The molecule has 0 aromatic carbocycles. The second kappa shape index (κ2) is 18.2. The number of aliphatic hydroxyl groups is 1. The molecule has 3 nitrogen and oxygen atoms in total. The van der Waals surface area contributed by atoms with Gasteiger partial charge in [0, 0.05) is 6.42 Å². The van der Waals surface area contributed by atoms with Crippen LogP contribution in [-0.4, -0.2) is 22.3 Å². The van der Waals surface area contributed by atoms with Crippen molar-refractivity contribution in [2.24, 2.45) is 0 Å². The van der Waals surface area contributed by atoms with E-state index in [2.05, 4.69) is 55.5 Å². The Hall–Kier alpha value is -2.13.